The number of fused-ring (bicyclic) bond motifs is 1. The molecule has 2 amide bonds. The lowest BCUT2D eigenvalue weighted by Gasteiger charge is -2.32. The van der Waals surface area contributed by atoms with Crippen LogP contribution in [0.3, 0.4) is 0 Å². The predicted octanol–water partition coefficient (Wildman–Crippen LogP) is 0.0704. The molecule has 2 aliphatic rings. The normalized spacial score (nSPS) is 18.4. The van der Waals surface area contributed by atoms with Gasteiger partial charge in [0.15, 0.2) is 11.5 Å². The predicted molar refractivity (Wildman–Crippen MR) is 92.0 cm³/mol. The van der Waals surface area contributed by atoms with Crippen molar-refractivity contribution >= 4 is 11.8 Å². The number of amides is 2. The monoisotopic (exact) mass is 372 g/mol. The average molecular weight is 372 g/mol. The first-order valence-electron chi connectivity index (χ1n) is 8.85. The lowest BCUT2D eigenvalue weighted by atomic mass is 9.97. The number of benzene rings is 1. The number of hydrogen-bond acceptors (Lipinski definition) is 7. The molecule has 0 saturated carbocycles. The van der Waals surface area contributed by atoms with Crippen LogP contribution in [-0.4, -0.2) is 63.3 Å². The maximum Gasteiger partial charge on any atom is 0.251 e. The van der Waals surface area contributed by atoms with Gasteiger partial charge in [-0.3, -0.25) is 9.59 Å². The first kappa shape index (κ1) is 17.3. The Bertz CT molecular complexity index is 825. The quantitative estimate of drug-likeness (QED) is 0.790. The van der Waals surface area contributed by atoms with Gasteiger partial charge in [0.1, 0.15) is 12.9 Å². The van der Waals surface area contributed by atoms with Gasteiger partial charge < -0.3 is 19.7 Å². The molecule has 0 bridgehead atoms. The van der Waals surface area contributed by atoms with Gasteiger partial charge in [-0.1, -0.05) is 0 Å². The largest absolute Gasteiger partial charge is 0.454 e. The highest BCUT2D eigenvalue weighted by molar-refractivity contribution is 5.94. The Balaban J connectivity index is 1.29. The van der Waals surface area contributed by atoms with E-state index in [4.69, 9.17) is 9.47 Å². The van der Waals surface area contributed by atoms with Crippen LogP contribution >= 0.6 is 0 Å². The van der Waals surface area contributed by atoms with E-state index in [0.29, 0.717) is 36.7 Å². The van der Waals surface area contributed by atoms with Crippen LogP contribution in [0, 0.1) is 5.92 Å². The molecule has 10 nitrogen and oxygen atoms in total. The van der Waals surface area contributed by atoms with Gasteiger partial charge in [-0.05, 0) is 47.4 Å². The van der Waals surface area contributed by atoms with E-state index in [9.17, 15) is 9.59 Å². The summed E-state index contributed by atoms with van der Waals surface area (Å²) < 4.78 is 12.0. The number of hydrogen-bond donors (Lipinski definition) is 1. The van der Waals surface area contributed by atoms with Gasteiger partial charge >= 0.3 is 0 Å². The fourth-order valence-corrected chi connectivity index (χ4v) is 3.33. The second-order valence-electron chi connectivity index (χ2n) is 6.63. The highest BCUT2D eigenvalue weighted by atomic mass is 16.7. The van der Waals surface area contributed by atoms with E-state index in [1.807, 2.05) is 4.90 Å². The molecule has 1 N–H and O–H groups in total. The van der Waals surface area contributed by atoms with Crippen molar-refractivity contribution in [1.82, 2.24) is 30.4 Å². The minimum absolute atomic E-state index is 0.0194. The lowest BCUT2D eigenvalue weighted by Crippen LogP contribution is -2.44. The third-order valence-corrected chi connectivity index (χ3v) is 4.75. The van der Waals surface area contributed by atoms with Crippen molar-refractivity contribution in [3.05, 3.63) is 30.1 Å². The maximum atomic E-state index is 12.4. The Hall–Kier alpha value is -3.17. The highest BCUT2D eigenvalue weighted by Crippen LogP contribution is 2.32. The molecule has 1 aromatic heterocycles. The van der Waals surface area contributed by atoms with Crippen molar-refractivity contribution in [1.29, 1.82) is 0 Å². The van der Waals surface area contributed by atoms with E-state index in [-0.39, 0.29) is 31.1 Å². The molecule has 0 spiro atoms. The Labute approximate surface area is 155 Å². The van der Waals surface area contributed by atoms with Crippen LogP contribution < -0.4 is 14.8 Å². The zero-order chi connectivity index (χ0) is 18.6. The van der Waals surface area contributed by atoms with Gasteiger partial charge in [0, 0.05) is 25.2 Å². The van der Waals surface area contributed by atoms with E-state index in [1.165, 1.54) is 11.0 Å². The number of piperidine rings is 1. The summed E-state index contributed by atoms with van der Waals surface area (Å²) in [6.07, 6.45) is 3.30. The van der Waals surface area contributed by atoms with Crippen molar-refractivity contribution in [2.45, 2.75) is 19.4 Å². The summed E-state index contributed by atoms with van der Waals surface area (Å²) in [4.78, 5) is 26.6. The first-order valence-corrected chi connectivity index (χ1v) is 8.85. The standard InChI is InChI=1S/C17H20N6O4/c24-16(9-23-10-19-20-21-23)22-5-1-2-12(8-22)7-18-17(25)13-3-4-14-15(6-13)27-11-26-14/h3-4,6,10,12H,1-2,5,7-9,11H2,(H,18,25)/t12-/m1/s1. The van der Waals surface area contributed by atoms with Crippen LogP contribution in [0.1, 0.15) is 23.2 Å². The molecule has 1 atom stereocenters. The van der Waals surface area contributed by atoms with E-state index in [2.05, 4.69) is 20.8 Å². The summed E-state index contributed by atoms with van der Waals surface area (Å²) in [5, 5.41) is 13.7. The zero-order valence-electron chi connectivity index (χ0n) is 14.7. The molecule has 0 unspecified atom stereocenters. The number of tetrazole rings is 1. The number of carbonyl (C=O) groups is 2. The molecular weight excluding hydrogens is 352 g/mol. The number of rotatable bonds is 5. The third kappa shape index (κ3) is 3.99. The van der Waals surface area contributed by atoms with E-state index < -0.39 is 0 Å². The van der Waals surface area contributed by atoms with Crippen LogP contribution in [0.2, 0.25) is 0 Å². The van der Waals surface area contributed by atoms with Gasteiger partial charge in [-0.15, -0.1) is 5.10 Å². The zero-order valence-corrected chi connectivity index (χ0v) is 14.7. The van der Waals surface area contributed by atoms with E-state index in [1.54, 1.807) is 18.2 Å². The van der Waals surface area contributed by atoms with Gasteiger partial charge in [-0.25, -0.2) is 4.68 Å². The third-order valence-electron chi connectivity index (χ3n) is 4.75. The lowest BCUT2D eigenvalue weighted by molar-refractivity contribution is -0.133. The molecule has 1 aromatic carbocycles. The van der Waals surface area contributed by atoms with Crippen molar-refractivity contribution < 1.29 is 19.1 Å². The molecule has 142 valence electrons. The summed E-state index contributed by atoms with van der Waals surface area (Å²) in [7, 11) is 0. The second kappa shape index (κ2) is 7.60. The van der Waals surface area contributed by atoms with Gasteiger partial charge in [-0.2, -0.15) is 0 Å². The van der Waals surface area contributed by atoms with Gasteiger partial charge in [0.2, 0.25) is 12.7 Å². The maximum absolute atomic E-state index is 12.4. The number of nitrogens with one attached hydrogen (secondary N) is 1. The molecule has 2 aromatic rings. The molecular formula is C17H20N6O4. The Kier molecular flexibility index (Phi) is 4.86. The molecule has 1 fully saturated rings. The highest BCUT2D eigenvalue weighted by Gasteiger charge is 2.25. The second-order valence-corrected chi connectivity index (χ2v) is 6.63. The van der Waals surface area contributed by atoms with Crippen molar-refractivity contribution in [2.75, 3.05) is 26.4 Å². The Morgan fingerprint density at radius 3 is 3.00 bits per heavy atom. The minimum Gasteiger partial charge on any atom is -0.454 e. The van der Waals surface area contributed by atoms with Crippen LogP contribution in [0.15, 0.2) is 24.5 Å². The minimum atomic E-state index is -0.162. The van der Waals surface area contributed by atoms with E-state index >= 15 is 0 Å². The number of carbonyl (C=O) groups excluding carboxylic acids is 2. The molecule has 10 heteroatoms. The first-order chi connectivity index (χ1) is 13.2. The van der Waals surface area contributed by atoms with Crippen molar-refractivity contribution in [3.63, 3.8) is 0 Å². The van der Waals surface area contributed by atoms with Crippen molar-refractivity contribution in [3.8, 4) is 11.5 Å². The molecule has 3 heterocycles. The number of aromatic nitrogens is 4. The fraction of sp³-hybridized carbons (Fsp3) is 0.471. The van der Waals surface area contributed by atoms with E-state index in [0.717, 1.165) is 12.8 Å². The van der Waals surface area contributed by atoms with Gasteiger partial charge in [0.05, 0.1) is 0 Å². The summed E-state index contributed by atoms with van der Waals surface area (Å²) in [5.74, 6) is 1.27. The van der Waals surface area contributed by atoms with Gasteiger partial charge in [0.25, 0.3) is 5.91 Å². The Morgan fingerprint density at radius 2 is 2.15 bits per heavy atom. The number of ether oxygens (including phenoxy) is 2. The summed E-state index contributed by atoms with van der Waals surface area (Å²) in [6, 6.07) is 5.13. The summed E-state index contributed by atoms with van der Waals surface area (Å²) in [6.45, 7) is 2.15. The molecule has 27 heavy (non-hydrogen) atoms. The topological polar surface area (TPSA) is 111 Å². The average Bonchev–Trinajstić information content (AvgIpc) is 3.37. The Morgan fingerprint density at radius 1 is 1.26 bits per heavy atom. The molecule has 0 radical (unpaired) electrons. The molecule has 2 aliphatic heterocycles. The van der Waals surface area contributed by atoms with Crippen molar-refractivity contribution in [2.24, 2.45) is 5.92 Å². The molecule has 0 aliphatic carbocycles. The number of nitrogens with zero attached hydrogens (tertiary/aromatic N) is 5. The molecule has 4 rings (SSSR count). The van der Waals surface area contributed by atoms with Crippen LogP contribution in [0.25, 0.3) is 0 Å². The fourth-order valence-electron chi connectivity index (χ4n) is 3.33. The van der Waals surface area contributed by atoms with Crippen LogP contribution in [0.5, 0.6) is 11.5 Å². The summed E-state index contributed by atoms with van der Waals surface area (Å²) in [5.41, 5.74) is 0.529. The smallest absolute Gasteiger partial charge is 0.251 e. The van der Waals surface area contributed by atoms with Crippen LogP contribution in [0.4, 0.5) is 0 Å². The summed E-state index contributed by atoms with van der Waals surface area (Å²) >= 11 is 0. The van der Waals surface area contributed by atoms with Crippen LogP contribution in [-0.2, 0) is 11.3 Å². The number of likely N-dealkylation sites (tertiary alicyclic amines) is 1. The molecule has 1 saturated heterocycles. The SMILES string of the molecule is O=C(NC[C@H]1CCCN(C(=O)Cn2cnnn2)C1)c1ccc2c(c1)OCO2.